The molecule has 5 rings (SSSR count). The van der Waals surface area contributed by atoms with Gasteiger partial charge in [0.05, 0.1) is 0 Å². The normalized spacial score (nSPS) is 11.7. The molecule has 0 fully saturated rings. The van der Waals surface area contributed by atoms with Crippen LogP contribution in [-0.4, -0.2) is 14.6 Å². The van der Waals surface area contributed by atoms with E-state index in [0.29, 0.717) is 5.56 Å². The van der Waals surface area contributed by atoms with E-state index in [-0.39, 0.29) is 5.65 Å². The molecule has 0 saturated carbocycles. The first-order chi connectivity index (χ1) is 16.0. The number of fused-ring (bicyclic) bond motifs is 1. The first kappa shape index (κ1) is 21.6. The summed E-state index contributed by atoms with van der Waals surface area (Å²) in [6.07, 6.45) is -3.14. The van der Waals surface area contributed by atoms with E-state index in [1.807, 2.05) is 54.6 Å². The third-order valence-electron chi connectivity index (χ3n) is 4.89. The smallest absolute Gasteiger partial charge is 0.278 e. The van der Waals surface area contributed by atoms with Crippen molar-refractivity contribution in [1.29, 1.82) is 0 Å². The van der Waals surface area contributed by atoms with Gasteiger partial charge in [0.15, 0.2) is 5.65 Å². The summed E-state index contributed by atoms with van der Waals surface area (Å²) in [6.45, 7) is 0. The summed E-state index contributed by atoms with van der Waals surface area (Å²) >= 11 is 3.36. The zero-order valence-electron chi connectivity index (χ0n) is 17.0. The second-order valence-corrected chi connectivity index (χ2v) is 9.39. The van der Waals surface area contributed by atoms with Crippen molar-refractivity contribution < 1.29 is 13.2 Å². The van der Waals surface area contributed by atoms with Gasteiger partial charge in [-0.05, 0) is 59.7 Å². The minimum Gasteiger partial charge on any atom is -0.278 e. The Morgan fingerprint density at radius 1 is 0.606 bits per heavy atom. The molecular weight excluding hydrogens is 463 g/mol. The Labute approximate surface area is 196 Å². The van der Waals surface area contributed by atoms with Gasteiger partial charge in [-0.2, -0.15) is 13.2 Å². The number of pyridine rings is 1. The predicted octanol–water partition coefficient (Wildman–Crippen LogP) is 7.72. The summed E-state index contributed by atoms with van der Waals surface area (Å²) in [5.74, 6) is -1.03. The van der Waals surface area contributed by atoms with Crippen molar-refractivity contribution in [3.8, 4) is 11.1 Å². The lowest BCUT2D eigenvalue weighted by Gasteiger charge is -2.10. The van der Waals surface area contributed by atoms with Crippen LogP contribution in [0.25, 0.3) is 16.8 Å². The van der Waals surface area contributed by atoms with Crippen molar-refractivity contribution in [3.63, 3.8) is 0 Å². The highest BCUT2D eigenvalue weighted by atomic mass is 32.2. The van der Waals surface area contributed by atoms with E-state index in [4.69, 9.17) is 0 Å². The first-order valence-electron chi connectivity index (χ1n) is 9.99. The van der Waals surface area contributed by atoms with Crippen LogP contribution in [0, 0.1) is 0 Å². The van der Waals surface area contributed by atoms with E-state index in [1.54, 1.807) is 29.6 Å². The SMILES string of the molecule is FC(F)(F)c1nnc2ccc(-c3ccc(Sc4ccccc4Sc4ccccc4)cc3)cn12. The van der Waals surface area contributed by atoms with E-state index in [0.717, 1.165) is 24.7 Å². The van der Waals surface area contributed by atoms with Crippen LogP contribution in [0.3, 0.4) is 0 Å². The number of halogens is 3. The number of aromatic nitrogens is 3. The number of rotatable bonds is 5. The summed E-state index contributed by atoms with van der Waals surface area (Å²) < 4.78 is 40.5. The van der Waals surface area contributed by atoms with Gasteiger partial charge in [-0.1, -0.05) is 66.0 Å². The molecule has 2 aromatic heterocycles. The molecular formula is C25H16F3N3S2. The highest BCUT2D eigenvalue weighted by Crippen LogP contribution is 2.39. The largest absolute Gasteiger partial charge is 0.452 e. The van der Waals surface area contributed by atoms with Gasteiger partial charge in [0, 0.05) is 25.8 Å². The van der Waals surface area contributed by atoms with Gasteiger partial charge in [0.1, 0.15) is 0 Å². The van der Waals surface area contributed by atoms with Crippen molar-refractivity contribution in [2.45, 2.75) is 25.8 Å². The summed E-state index contributed by atoms with van der Waals surface area (Å²) in [7, 11) is 0. The van der Waals surface area contributed by atoms with Gasteiger partial charge in [-0.25, -0.2) is 0 Å². The molecule has 0 aliphatic heterocycles. The average molecular weight is 480 g/mol. The second-order valence-electron chi connectivity index (χ2n) is 7.16. The number of hydrogen-bond donors (Lipinski definition) is 0. The molecule has 0 atom stereocenters. The summed E-state index contributed by atoms with van der Waals surface area (Å²) in [5.41, 5.74) is 1.63. The minimum atomic E-state index is -4.57. The van der Waals surface area contributed by atoms with Crippen LogP contribution >= 0.6 is 23.5 Å². The van der Waals surface area contributed by atoms with Crippen LogP contribution in [0.2, 0.25) is 0 Å². The molecule has 0 aliphatic rings. The van der Waals surface area contributed by atoms with Crippen LogP contribution in [0.15, 0.2) is 117 Å². The number of benzene rings is 3. The number of alkyl halides is 3. The Hall–Kier alpha value is -3.23. The lowest BCUT2D eigenvalue weighted by Crippen LogP contribution is -2.10. The van der Waals surface area contributed by atoms with Crippen LogP contribution in [0.1, 0.15) is 5.82 Å². The zero-order chi connectivity index (χ0) is 22.8. The van der Waals surface area contributed by atoms with Gasteiger partial charge >= 0.3 is 6.18 Å². The Bertz CT molecular complexity index is 1400. The van der Waals surface area contributed by atoms with E-state index in [9.17, 15) is 13.2 Å². The maximum atomic E-state index is 13.2. The molecule has 5 aromatic rings. The van der Waals surface area contributed by atoms with Gasteiger partial charge < -0.3 is 0 Å². The zero-order valence-corrected chi connectivity index (χ0v) is 18.7. The predicted molar refractivity (Wildman–Crippen MR) is 125 cm³/mol. The maximum absolute atomic E-state index is 13.2. The molecule has 3 aromatic carbocycles. The third-order valence-corrected chi connectivity index (χ3v) is 7.19. The molecule has 8 heteroatoms. The Balaban J connectivity index is 1.39. The van der Waals surface area contributed by atoms with E-state index in [1.165, 1.54) is 17.2 Å². The van der Waals surface area contributed by atoms with Gasteiger partial charge in [-0.15, -0.1) is 10.2 Å². The molecule has 0 bridgehead atoms. The molecule has 0 N–H and O–H groups in total. The van der Waals surface area contributed by atoms with Crippen LogP contribution in [-0.2, 0) is 6.18 Å². The maximum Gasteiger partial charge on any atom is 0.452 e. The van der Waals surface area contributed by atoms with Crippen molar-refractivity contribution in [2.24, 2.45) is 0 Å². The highest BCUT2D eigenvalue weighted by Gasteiger charge is 2.36. The summed E-state index contributed by atoms with van der Waals surface area (Å²) in [5, 5.41) is 6.89. The summed E-state index contributed by atoms with van der Waals surface area (Å²) in [6, 6.07) is 29.5. The topological polar surface area (TPSA) is 30.2 Å². The van der Waals surface area contributed by atoms with Crippen molar-refractivity contribution in [3.05, 3.63) is 103 Å². The molecule has 2 heterocycles. The molecule has 164 valence electrons. The molecule has 0 saturated heterocycles. The summed E-state index contributed by atoms with van der Waals surface area (Å²) in [4.78, 5) is 4.51. The van der Waals surface area contributed by atoms with Crippen LogP contribution in [0.4, 0.5) is 13.2 Å². The Morgan fingerprint density at radius 2 is 1.18 bits per heavy atom. The molecule has 3 nitrogen and oxygen atoms in total. The first-order valence-corrected chi connectivity index (χ1v) is 11.6. The third kappa shape index (κ3) is 4.77. The molecule has 0 aliphatic carbocycles. The lowest BCUT2D eigenvalue weighted by atomic mass is 10.1. The Kier molecular flexibility index (Phi) is 5.86. The van der Waals surface area contributed by atoms with Crippen molar-refractivity contribution in [1.82, 2.24) is 14.6 Å². The molecule has 0 amide bonds. The fourth-order valence-corrected chi connectivity index (χ4v) is 5.29. The number of hydrogen-bond acceptors (Lipinski definition) is 4. The molecule has 33 heavy (non-hydrogen) atoms. The fourth-order valence-electron chi connectivity index (χ4n) is 3.33. The molecule has 0 unspecified atom stereocenters. The standard InChI is InChI=1S/C25H16F3N3S2/c26-25(27,28)24-30-29-23-15-12-18(16-31(23)24)17-10-13-20(14-11-17)33-22-9-5-4-8-21(22)32-19-6-2-1-3-7-19/h1-16H. The van der Waals surface area contributed by atoms with E-state index >= 15 is 0 Å². The minimum absolute atomic E-state index is 0.158. The van der Waals surface area contributed by atoms with Crippen molar-refractivity contribution >= 4 is 29.2 Å². The molecule has 0 spiro atoms. The van der Waals surface area contributed by atoms with Crippen LogP contribution < -0.4 is 0 Å². The van der Waals surface area contributed by atoms with Gasteiger partial charge in [-0.3, -0.25) is 4.40 Å². The quantitative estimate of drug-likeness (QED) is 0.258. The second kappa shape index (κ2) is 8.96. The van der Waals surface area contributed by atoms with Gasteiger partial charge in [0.2, 0.25) is 5.82 Å². The van der Waals surface area contributed by atoms with Gasteiger partial charge in [0.25, 0.3) is 0 Å². The van der Waals surface area contributed by atoms with Crippen molar-refractivity contribution in [2.75, 3.05) is 0 Å². The van der Waals surface area contributed by atoms with E-state index in [2.05, 4.69) is 34.5 Å². The van der Waals surface area contributed by atoms with Crippen LogP contribution in [0.5, 0.6) is 0 Å². The monoisotopic (exact) mass is 479 g/mol. The average Bonchev–Trinajstić information content (AvgIpc) is 3.26. The highest BCUT2D eigenvalue weighted by molar-refractivity contribution is 8.02. The number of nitrogens with zero attached hydrogens (tertiary/aromatic N) is 3. The van der Waals surface area contributed by atoms with E-state index < -0.39 is 12.0 Å². The fraction of sp³-hybridized carbons (Fsp3) is 0.0400. The molecule has 0 radical (unpaired) electrons. The lowest BCUT2D eigenvalue weighted by molar-refractivity contribution is -0.145. The Morgan fingerprint density at radius 3 is 1.82 bits per heavy atom.